The summed E-state index contributed by atoms with van der Waals surface area (Å²) in [5.41, 5.74) is 3.11. The molecule has 0 saturated carbocycles. The molecular formula is C19H17N5O3. The Morgan fingerprint density at radius 3 is 3.04 bits per heavy atom. The van der Waals surface area contributed by atoms with Crippen molar-refractivity contribution in [2.24, 2.45) is 0 Å². The van der Waals surface area contributed by atoms with Crippen molar-refractivity contribution in [1.82, 2.24) is 24.8 Å². The second-order valence-electron chi connectivity index (χ2n) is 5.80. The fraction of sp³-hybridized carbons (Fsp3) is 0.158. The van der Waals surface area contributed by atoms with E-state index >= 15 is 0 Å². The number of nitrogens with one attached hydrogen (secondary N) is 1. The molecule has 27 heavy (non-hydrogen) atoms. The zero-order valence-electron chi connectivity index (χ0n) is 14.6. The van der Waals surface area contributed by atoms with Crippen LogP contribution in [0.15, 0.2) is 55.0 Å². The van der Waals surface area contributed by atoms with Crippen LogP contribution in [0.1, 0.15) is 28.7 Å². The Kier molecular flexibility index (Phi) is 4.52. The van der Waals surface area contributed by atoms with Crippen LogP contribution < -0.4 is 4.74 Å². The summed E-state index contributed by atoms with van der Waals surface area (Å²) in [6.07, 6.45) is 3.96. The van der Waals surface area contributed by atoms with E-state index in [0.717, 1.165) is 16.9 Å². The number of rotatable bonds is 6. The molecule has 0 amide bonds. The van der Waals surface area contributed by atoms with Gasteiger partial charge < -0.3 is 9.47 Å². The first-order valence-electron chi connectivity index (χ1n) is 8.49. The van der Waals surface area contributed by atoms with Crippen molar-refractivity contribution in [2.45, 2.75) is 13.3 Å². The zero-order valence-corrected chi connectivity index (χ0v) is 14.6. The number of fused-ring (bicyclic) bond motifs is 1. The van der Waals surface area contributed by atoms with Gasteiger partial charge in [-0.15, -0.1) is 5.10 Å². The number of H-pyrrole nitrogens is 1. The fourth-order valence-electron chi connectivity index (χ4n) is 2.74. The minimum absolute atomic E-state index is 0.324. The molecule has 0 unspecified atom stereocenters. The molecule has 0 fully saturated rings. The molecule has 0 atom stereocenters. The summed E-state index contributed by atoms with van der Waals surface area (Å²) in [6.45, 7) is 2.09. The number of nitrogens with zero attached hydrogens (tertiary/aromatic N) is 4. The summed E-state index contributed by atoms with van der Waals surface area (Å²) in [6, 6.07) is 12.5. The molecular weight excluding hydrogens is 346 g/mol. The highest BCUT2D eigenvalue weighted by Crippen LogP contribution is 2.22. The molecule has 0 bridgehead atoms. The Hall–Kier alpha value is -3.68. The highest BCUT2D eigenvalue weighted by Gasteiger charge is 2.11. The van der Waals surface area contributed by atoms with Gasteiger partial charge in [-0.1, -0.05) is 6.07 Å². The first kappa shape index (κ1) is 16.8. The summed E-state index contributed by atoms with van der Waals surface area (Å²) in [5.74, 6) is 0.534. The summed E-state index contributed by atoms with van der Waals surface area (Å²) in [7, 11) is 0. The van der Waals surface area contributed by atoms with Crippen molar-refractivity contribution in [3.8, 4) is 11.6 Å². The maximum Gasteiger partial charge on any atom is 0.338 e. The number of carbonyl (C=O) groups is 1. The maximum atomic E-state index is 11.8. The molecule has 0 saturated heterocycles. The average molecular weight is 363 g/mol. The molecule has 3 heterocycles. The lowest BCUT2D eigenvalue weighted by atomic mass is 10.2. The molecule has 8 nitrogen and oxygen atoms in total. The quantitative estimate of drug-likeness (QED) is 0.529. The van der Waals surface area contributed by atoms with Gasteiger partial charge >= 0.3 is 5.97 Å². The minimum Gasteiger partial charge on any atom is -0.462 e. The van der Waals surface area contributed by atoms with Crippen molar-refractivity contribution < 1.29 is 14.3 Å². The number of hydrogen-bond donors (Lipinski definition) is 1. The molecule has 4 aromatic rings. The molecule has 1 aromatic carbocycles. The van der Waals surface area contributed by atoms with Crippen LogP contribution in [0.2, 0.25) is 0 Å². The van der Waals surface area contributed by atoms with E-state index < -0.39 is 0 Å². The van der Waals surface area contributed by atoms with Crippen molar-refractivity contribution in [3.63, 3.8) is 0 Å². The molecule has 3 aromatic heterocycles. The lowest BCUT2D eigenvalue weighted by Crippen LogP contribution is -2.04. The van der Waals surface area contributed by atoms with Crippen LogP contribution >= 0.6 is 0 Å². The Balaban J connectivity index is 1.49. The van der Waals surface area contributed by atoms with Crippen molar-refractivity contribution >= 4 is 11.5 Å². The summed E-state index contributed by atoms with van der Waals surface area (Å²) in [5, 5.41) is 11.3. The van der Waals surface area contributed by atoms with Crippen LogP contribution in [0, 0.1) is 0 Å². The van der Waals surface area contributed by atoms with E-state index in [1.54, 1.807) is 41.8 Å². The fourth-order valence-corrected chi connectivity index (χ4v) is 2.74. The van der Waals surface area contributed by atoms with Crippen molar-refractivity contribution in [1.29, 1.82) is 0 Å². The van der Waals surface area contributed by atoms with Crippen molar-refractivity contribution in [2.75, 3.05) is 6.61 Å². The Bertz CT molecular complexity index is 1090. The van der Waals surface area contributed by atoms with E-state index in [1.165, 1.54) is 6.33 Å². The van der Waals surface area contributed by atoms with Crippen LogP contribution in [0.4, 0.5) is 0 Å². The normalized spacial score (nSPS) is 10.9. The predicted molar refractivity (Wildman–Crippen MR) is 96.9 cm³/mol. The second kappa shape index (κ2) is 7.28. The van der Waals surface area contributed by atoms with Gasteiger partial charge in [0.05, 0.1) is 23.4 Å². The number of hydrogen-bond acceptors (Lipinski definition) is 6. The topological polar surface area (TPSA) is 94.4 Å². The SMILES string of the molecule is CCOC(=O)c1cccc(Oc2cc(Cc3ncnn4cccc34)[nH]n2)c1. The summed E-state index contributed by atoms with van der Waals surface area (Å²) < 4.78 is 12.5. The van der Waals surface area contributed by atoms with Gasteiger partial charge in [0.25, 0.3) is 0 Å². The third kappa shape index (κ3) is 3.64. The molecule has 8 heteroatoms. The van der Waals surface area contributed by atoms with E-state index in [9.17, 15) is 4.79 Å². The van der Waals surface area contributed by atoms with Crippen LogP contribution in [0.3, 0.4) is 0 Å². The Morgan fingerprint density at radius 2 is 2.15 bits per heavy atom. The van der Waals surface area contributed by atoms with Gasteiger partial charge in [0, 0.05) is 24.4 Å². The van der Waals surface area contributed by atoms with Gasteiger partial charge in [0.1, 0.15) is 12.1 Å². The lowest BCUT2D eigenvalue weighted by Gasteiger charge is -2.05. The van der Waals surface area contributed by atoms with Gasteiger partial charge in [0.15, 0.2) is 0 Å². The predicted octanol–water partition coefficient (Wildman–Crippen LogP) is 3.01. The van der Waals surface area contributed by atoms with Crippen molar-refractivity contribution in [3.05, 3.63) is 71.9 Å². The monoisotopic (exact) mass is 363 g/mol. The zero-order chi connectivity index (χ0) is 18.6. The minimum atomic E-state index is -0.384. The number of carbonyl (C=O) groups excluding carboxylic acids is 1. The molecule has 0 aliphatic carbocycles. The third-order valence-electron chi connectivity index (χ3n) is 3.95. The standard InChI is InChI=1S/C19H17N5O3/c1-2-26-19(25)13-5-3-6-15(9-13)27-18-11-14(22-23-18)10-16-17-7-4-8-24(17)21-12-20-16/h3-9,11-12H,2,10H2,1H3,(H,22,23). The molecule has 0 radical (unpaired) electrons. The highest BCUT2D eigenvalue weighted by atomic mass is 16.5. The van der Waals surface area contributed by atoms with E-state index in [2.05, 4.69) is 20.3 Å². The van der Waals surface area contributed by atoms with Crippen LogP contribution in [0.25, 0.3) is 5.52 Å². The van der Waals surface area contributed by atoms with E-state index in [4.69, 9.17) is 9.47 Å². The van der Waals surface area contributed by atoms with Gasteiger partial charge in [-0.05, 0) is 37.3 Å². The second-order valence-corrected chi connectivity index (χ2v) is 5.80. The number of aromatic nitrogens is 5. The average Bonchev–Trinajstić information content (AvgIpc) is 3.32. The highest BCUT2D eigenvalue weighted by molar-refractivity contribution is 5.89. The first-order valence-corrected chi connectivity index (χ1v) is 8.49. The van der Waals surface area contributed by atoms with Gasteiger partial charge in [-0.25, -0.2) is 14.3 Å². The number of aromatic amines is 1. The van der Waals surface area contributed by atoms with E-state index in [-0.39, 0.29) is 5.97 Å². The molecule has 136 valence electrons. The van der Waals surface area contributed by atoms with Crippen LogP contribution in [0.5, 0.6) is 11.6 Å². The number of esters is 1. The summed E-state index contributed by atoms with van der Waals surface area (Å²) in [4.78, 5) is 16.2. The maximum absolute atomic E-state index is 11.8. The number of ether oxygens (including phenoxy) is 2. The summed E-state index contributed by atoms with van der Waals surface area (Å²) >= 11 is 0. The van der Waals surface area contributed by atoms with Gasteiger partial charge in [-0.3, -0.25) is 5.10 Å². The van der Waals surface area contributed by atoms with Crippen LogP contribution in [-0.4, -0.2) is 37.4 Å². The first-order chi connectivity index (χ1) is 13.2. The van der Waals surface area contributed by atoms with E-state index in [1.807, 2.05) is 18.3 Å². The third-order valence-corrected chi connectivity index (χ3v) is 3.95. The number of benzene rings is 1. The lowest BCUT2D eigenvalue weighted by molar-refractivity contribution is 0.0526. The largest absolute Gasteiger partial charge is 0.462 e. The molecule has 0 aliphatic heterocycles. The van der Waals surface area contributed by atoms with Crippen LogP contribution in [-0.2, 0) is 11.2 Å². The molecule has 1 N–H and O–H groups in total. The Morgan fingerprint density at radius 1 is 1.22 bits per heavy atom. The van der Waals surface area contributed by atoms with Gasteiger partial charge in [-0.2, -0.15) is 5.10 Å². The molecule has 0 spiro atoms. The molecule has 0 aliphatic rings. The molecule has 4 rings (SSSR count). The Labute approximate surface area is 154 Å². The van der Waals surface area contributed by atoms with E-state index in [0.29, 0.717) is 30.2 Å². The van der Waals surface area contributed by atoms with Gasteiger partial charge in [0.2, 0.25) is 5.88 Å². The smallest absolute Gasteiger partial charge is 0.338 e.